The van der Waals surface area contributed by atoms with Crippen LogP contribution in [0.5, 0.6) is 5.75 Å². The van der Waals surface area contributed by atoms with Crippen LogP contribution in [0.25, 0.3) is 0 Å². The maximum atomic E-state index is 11.1. The van der Waals surface area contributed by atoms with Crippen molar-refractivity contribution in [1.82, 2.24) is 4.90 Å². The topological polar surface area (TPSA) is 52.9 Å². The number of unbranched alkanes of at least 4 members (excludes halogenated alkanes) is 2. The molecule has 3 aliphatic carbocycles. The van der Waals surface area contributed by atoms with E-state index < -0.39 is 0 Å². The molecule has 33 heavy (non-hydrogen) atoms. The number of aromatic hydroxyl groups is 1. The van der Waals surface area contributed by atoms with Gasteiger partial charge in [0.05, 0.1) is 19.3 Å². The maximum Gasteiger partial charge on any atom is 0.115 e. The summed E-state index contributed by atoms with van der Waals surface area (Å²) in [5.74, 6) is 1.91. The summed E-state index contributed by atoms with van der Waals surface area (Å²) in [6.45, 7) is 11.9. The third-order valence-electron chi connectivity index (χ3n) is 10.0. The maximum absolute atomic E-state index is 11.1. The van der Waals surface area contributed by atoms with Gasteiger partial charge >= 0.3 is 0 Å². The van der Waals surface area contributed by atoms with Gasteiger partial charge in [-0.25, -0.2) is 0 Å². The van der Waals surface area contributed by atoms with Crippen LogP contribution >= 0.6 is 0 Å². The van der Waals surface area contributed by atoms with Crippen LogP contribution in [-0.4, -0.2) is 54.1 Å². The zero-order valence-corrected chi connectivity index (χ0v) is 20.5. The van der Waals surface area contributed by atoms with E-state index in [0.717, 1.165) is 58.4 Å². The molecule has 4 heteroatoms. The molecule has 4 aliphatic rings. The third kappa shape index (κ3) is 4.06. The zero-order valence-electron chi connectivity index (χ0n) is 20.5. The molecule has 182 valence electrons. The number of hydrogen-bond donors (Lipinski definition) is 2. The van der Waals surface area contributed by atoms with E-state index in [1.807, 2.05) is 12.1 Å². The average molecular weight is 454 g/mol. The third-order valence-corrected chi connectivity index (χ3v) is 10.0. The minimum atomic E-state index is -0.190. The van der Waals surface area contributed by atoms with E-state index >= 15 is 0 Å². The van der Waals surface area contributed by atoms with E-state index in [4.69, 9.17) is 4.74 Å². The lowest BCUT2D eigenvalue weighted by Gasteiger charge is -2.60. The fraction of sp³-hybridized carbons (Fsp3) is 0.724. The summed E-state index contributed by atoms with van der Waals surface area (Å²) in [6, 6.07) is 6.08. The molecule has 6 atom stereocenters. The smallest absolute Gasteiger partial charge is 0.115 e. The van der Waals surface area contributed by atoms with Crippen LogP contribution in [0.2, 0.25) is 0 Å². The molecule has 5 rings (SSSR count). The summed E-state index contributed by atoms with van der Waals surface area (Å²) >= 11 is 0. The molecule has 1 aromatic carbocycles. The Morgan fingerprint density at radius 1 is 1.18 bits per heavy atom. The number of aliphatic hydroxyl groups is 1. The van der Waals surface area contributed by atoms with E-state index in [0.29, 0.717) is 23.5 Å². The van der Waals surface area contributed by atoms with Crippen molar-refractivity contribution in [2.75, 3.05) is 32.8 Å². The van der Waals surface area contributed by atoms with E-state index in [-0.39, 0.29) is 16.9 Å². The van der Waals surface area contributed by atoms with Crippen molar-refractivity contribution in [2.45, 2.75) is 76.7 Å². The molecule has 4 nitrogen and oxygen atoms in total. The van der Waals surface area contributed by atoms with Crippen molar-refractivity contribution < 1.29 is 14.9 Å². The Morgan fingerprint density at radius 2 is 2.00 bits per heavy atom. The molecule has 2 saturated carbocycles. The molecule has 0 radical (unpaired) electrons. The Morgan fingerprint density at radius 3 is 2.79 bits per heavy atom. The van der Waals surface area contributed by atoms with E-state index in [1.54, 1.807) is 0 Å². The first-order chi connectivity index (χ1) is 16.0. The summed E-state index contributed by atoms with van der Waals surface area (Å²) in [6.07, 6.45) is 12.4. The predicted octanol–water partition coefficient (Wildman–Crippen LogP) is 5.28. The summed E-state index contributed by atoms with van der Waals surface area (Å²) in [4.78, 5) is 2.54. The highest BCUT2D eigenvalue weighted by Crippen LogP contribution is 2.69. The van der Waals surface area contributed by atoms with Crippen LogP contribution in [0.3, 0.4) is 0 Å². The number of fused-ring (bicyclic) bond motifs is 5. The highest BCUT2D eigenvalue weighted by molar-refractivity contribution is 5.43. The zero-order chi connectivity index (χ0) is 23.1. The van der Waals surface area contributed by atoms with Gasteiger partial charge in [0, 0.05) is 13.1 Å². The Balaban J connectivity index is 1.36. The van der Waals surface area contributed by atoms with Gasteiger partial charge in [-0.2, -0.15) is 0 Å². The molecule has 1 heterocycles. The minimum Gasteiger partial charge on any atom is -0.508 e. The van der Waals surface area contributed by atoms with Crippen molar-refractivity contribution in [3.05, 3.63) is 42.0 Å². The first-order valence-corrected chi connectivity index (χ1v) is 13.4. The number of ether oxygens (including phenoxy) is 1. The number of benzene rings is 1. The predicted molar refractivity (Wildman–Crippen MR) is 132 cm³/mol. The van der Waals surface area contributed by atoms with Crippen molar-refractivity contribution in [3.63, 3.8) is 0 Å². The number of rotatable bonds is 7. The van der Waals surface area contributed by atoms with Crippen LogP contribution < -0.4 is 0 Å². The summed E-state index contributed by atoms with van der Waals surface area (Å²) in [5, 5.41) is 21.2. The molecule has 1 aromatic rings. The van der Waals surface area contributed by atoms with Crippen LogP contribution in [0.1, 0.15) is 75.3 Å². The van der Waals surface area contributed by atoms with Crippen LogP contribution in [0.4, 0.5) is 0 Å². The van der Waals surface area contributed by atoms with Crippen molar-refractivity contribution >= 4 is 0 Å². The number of phenols is 1. The number of morpholine rings is 1. The Labute approximate surface area is 200 Å². The monoisotopic (exact) mass is 453 g/mol. The largest absolute Gasteiger partial charge is 0.508 e. The summed E-state index contributed by atoms with van der Waals surface area (Å²) in [7, 11) is 0. The van der Waals surface area contributed by atoms with Crippen LogP contribution in [0, 0.1) is 22.7 Å². The first-order valence-electron chi connectivity index (χ1n) is 13.4. The summed E-state index contributed by atoms with van der Waals surface area (Å²) in [5.41, 5.74) is 2.84. The standard InChI is InChI=1S/C29H43NO3/c1-3-29-13-12-21-19-23(31)8-9-24(21)27(29)22(20-28(2)25(29)10-11-26(28)32)7-5-4-6-14-30-15-17-33-18-16-30/h3,8-9,19,22,25-27,31-32H,1,4-7,10-18,20H2,2H3/t22-,25+,26-,27+,28-,29-/m0/s1. The van der Waals surface area contributed by atoms with Gasteiger partial charge in [0.15, 0.2) is 0 Å². The van der Waals surface area contributed by atoms with Crippen molar-refractivity contribution in [3.8, 4) is 5.75 Å². The van der Waals surface area contributed by atoms with Gasteiger partial charge in [-0.05, 0) is 103 Å². The van der Waals surface area contributed by atoms with Crippen LogP contribution in [0.15, 0.2) is 30.9 Å². The van der Waals surface area contributed by atoms with Gasteiger partial charge < -0.3 is 14.9 Å². The number of nitrogens with zero attached hydrogens (tertiary/aromatic N) is 1. The molecule has 1 aliphatic heterocycles. The fourth-order valence-electron chi connectivity index (χ4n) is 8.44. The van der Waals surface area contributed by atoms with Gasteiger partial charge in [0.2, 0.25) is 0 Å². The highest BCUT2D eigenvalue weighted by atomic mass is 16.5. The lowest BCUT2D eigenvalue weighted by molar-refractivity contribution is -0.0812. The average Bonchev–Trinajstić information content (AvgIpc) is 3.13. The Kier molecular flexibility index (Phi) is 6.63. The molecule has 0 unspecified atom stereocenters. The van der Waals surface area contributed by atoms with Gasteiger partial charge in [-0.15, -0.1) is 6.58 Å². The number of allylic oxidation sites excluding steroid dienone is 1. The van der Waals surface area contributed by atoms with Gasteiger partial charge in [0.25, 0.3) is 0 Å². The molecule has 0 aromatic heterocycles. The van der Waals surface area contributed by atoms with Gasteiger partial charge in [-0.1, -0.05) is 31.9 Å². The molecule has 2 N–H and O–H groups in total. The van der Waals surface area contributed by atoms with Gasteiger partial charge in [0.1, 0.15) is 5.75 Å². The molecular formula is C29H43NO3. The first kappa shape index (κ1) is 23.4. The lowest BCUT2D eigenvalue weighted by Crippen LogP contribution is -2.54. The van der Waals surface area contributed by atoms with Crippen LogP contribution in [-0.2, 0) is 11.2 Å². The normalized spacial score (nSPS) is 38.4. The van der Waals surface area contributed by atoms with Gasteiger partial charge in [-0.3, -0.25) is 4.90 Å². The number of aryl methyl sites for hydroxylation is 1. The quantitative estimate of drug-likeness (QED) is 0.435. The fourth-order valence-corrected chi connectivity index (χ4v) is 8.44. The molecule has 1 saturated heterocycles. The van der Waals surface area contributed by atoms with E-state index in [9.17, 15) is 10.2 Å². The molecule has 3 fully saturated rings. The SMILES string of the molecule is C=C[C@@]12CCc3cc(O)ccc3[C@H]1[C@@H](CCCCCN1CCOCC1)C[C@@]1(C)[C@H]2CC[C@@H]1O. The molecule has 0 amide bonds. The lowest BCUT2D eigenvalue weighted by atomic mass is 9.44. The molecule has 0 bridgehead atoms. The van der Waals surface area contributed by atoms with Crippen molar-refractivity contribution in [2.24, 2.45) is 22.7 Å². The second kappa shape index (κ2) is 9.36. The number of hydrogen-bond acceptors (Lipinski definition) is 4. The van der Waals surface area contributed by atoms with Crippen molar-refractivity contribution in [1.29, 1.82) is 0 Å². The minimum absolute atomic E-state index is 0.00240. The Bertz CT molecular complexity index is 849. The second-order valence-corrected chi connectivity index (χ2v) is 11.6. The summed E-state index contributed by atoms with van der Waals surface area (Å²) < 4.78 is 5.48. The number of phenolic OH excluding ortho intramolecular Hbond substituents is 1. The second-order valence-electron chi connectivity index (χ2n) is 11.6. The molecule has 0 spiro atoms. The Hall–Kier alpha value is -1.36. The van der Waals surface area contributed by atoms with E-state index in [2.05, 4.69) is 30.5 Å². The number of aliphatic hydroxyl groups excluding tert-OH is 1. The molecular weight excluding hydrogens is 410 g/mol. The van der Waals surface area contributed by atoms with E-state index in [1.165, 1.54) is 43.4 Å². The highest BCUT2D eigenvalue weighted by Gasteiger charge is 2.63.